The maximum Gasteiger partial charge on any atom is 0.185 e. The Morgan fingerprint density at radius 2 is 1.44 bits per heavy atom. The van der Waals surface area contributed by atoms with E-state index in [1.165, 1.54) is 0 Å². The number of benzene rings is 2. The molecule has 0 aliphatic rings. The van der Waals surface area contributed by atoms with E-state index in [2.05, 4.69) is 0 Å². The summed E-state index contributed by atoms with van der Waals surface area (Å²) in [6, 6.07) is 12.7. The van der Waals surface area contributed by atoms with Crippen molar-refractivity contribution in [3.8, 4) is 17.2 Å². The van der Waals surface area contributed by atoms with Crippen molar-refractivity contribution in [1.82, 2.24) is 0 Å². The topological polar surface area (TPSA) is 44.8 Å². The minimum absolute atomic E-state index is 0.0700. The first kappa shape index (κ1) is 18.6. The number of allylic oxidation sites excluding steroid dienone is 1. The molecule has 2 rings (SSSR count). The van der Waals surface area contributed by atoms with Gasteiger partial charge in [-0.25, -0.2) is 0 Å². The van der Waals surface area contributed by atoms with Gasteiger partial charge in [-0.2, -0.15) is 0 Å². The second kappa shape index (κ2) is 9.52. The molecule has 0 aliphatic heterocycles. The lowest BCUT2D eigenvalue weighted by atomic mass is 10.1. The van der Waals surface area contributed by atoms with E-state index >= 15 is 0 Å². The SMILES string of the molecule is CCOc1ccc(C(=O)/C=C/c2ccc(OCC)cc2OCC)cc1. The smallest absolute Gasteiger partial charge is 0.185 e. The monoisotopic (exact) mass is 340 g/mol. The largest absolute Gasteiger partial charge is 0.494 e. The second-order valence-corrected chi connectivity index (χ2v) is 5.22. The fourth-order valence-electron chi connectivity index (χ4n) is 2.33. The fraction of sp³-hybridized carbons (Fsp3) is 0.286. The molecular formula is C21H24O4. The lowest BCUT2D eigenvalue weighted by Crippen LogP contribution is -1.98. The number of ether oxygens (including phenoxy) is 3. The van der Waals surface area contributed by atoms with Gasteiger partial charge in [0.05, 0.1) is 19.8 Å². The lowest BCUT2D eigenvalue weighted by molar-refractivity contribution is 0.104. The zero-order valence-electron chi connectivity index (χ0n) is 15.0. The highest BCUT2D eigenvalue weighted by atomic mass is 16.5. The molecule has 4 heteroatoms. The molecule has 0 spiro atoms. The van der Waals surface area contributed by atoms with E-state index in [9.17, 15) is 4.79 Å². The van der Waals surface area contributed by atoms with Gasteiger partial charge in [0, 0.05) is 17.2 Å². The number of hydrogen-bond donors (Lipinski definition) is 0. The van der Waals surface area contributed by atoms with Crippen molar-refractivity contribution in [3.05, 3.63) is 59.7 Å². The minimum atomic E-state index is -0.0700. The molecular weight excluding hydrogens is 316 g/mol. The van der Waals surface area contributed by atoms with Crippen molar-refractivity contribution in [2.24, 2.45) is 0 Å². The van der Waals surface area contributed by atoms with Crippen molar-refractivity contribution < 1.29 is 19.0 Å². The summed E-state index contributed by atoms with van der Waals surface area (Å²) in [6.45, 7) is 7.52. The molecule has 0 bridgehead atoms. The van der Waals surface area contributed by atoms with Crippen LogP contribution in [-0.4, -0.2) is 25.6 Å². The van der Waals surface area contributed by atoms with Gasteiger partial charge in [-0.15, -0.1) is 0 Å². The van der Waals surface area contributed by atoms with E-state index in [0.717, 1.165) is 17.1 Å². The van der Waals surface area contributed by atoms with E-state index in [0.29, 0.717) is 31.1 Å². The highest BCUT2D eigenvalue weighted by molar-refractivity contribution is 6.07. The molecule has 2 aromatic carbocycles. The molecule has 0 heterocycles. The maximum atomic E-state index is 12.3. The van der Waals surface area contributed by atoms with Gasteiger partial charge in [-0.05, 0) is 69.3 Å². The van der Waals surface area contributed by atoms with Gasteiger partial charge in [0.2, 0.25) is 0 Å². The van der Waals surface area contributed by atoms with Crippen LogP contribution in [-0.2, 0) is 0 Å². The predicted octanol–water partition coefficient (Wildman–Crippen LogP) is 4.78. The van der Waals surface area contributed by atoms with Crippen LogP contribution in [0.15, 0.2) is 48.5 Å². The summed E-state index contributed by atoms with van der Waals surface area (Å²) in [5.41, 5.74) is 1.45. The van der Waals surface area contributed by atoms with Crippen LogP contribution in [0.5, 0.6) is 17.2 Å². The molecule has 0 saturated heterocycles. The molecule has 25 heavy (non-hydrogen) atoms. The van der Waals surface area contributed by atoms with Gasteiger partial charge in [0.1, 0.15) is 17.2 Å². The number of rotatable bonds is 9. The first-order valence-electron chi connectivity index (χ1n) is 8.52. The Kier molecular flexibility index (Phi) is 7.08. The molecule has 0 atom stereocenters. The summed E-state index contributed by atoms with van der Waals surface area (Å²) in [5.74, 6) is 2.14. The molecule has 2 aromatic rings. The van der Waals surface area contributed by atoms with Gasteiger partial charge in [-0.1, -0.05) is 0 Å². The molecule has 0 N–H and O–H groups in total. The van der Waals surface area contributed by atoms with E-state index in [4.69, 9.17) is 14.2 Å². The molecule has 132 valence electrons. The molecule has 0 aromatic heterocycles. The lowest BCUT2D eigenvalue weighted by Gasteiger charge is -2.10. The van der Waals surface area contributed by atoms with Gasteiger partial charge >= 0.3 is 0 Å². The van der Waals surface area contributed by atoms with Crippen LogP contribution in [0.1, 0.15) is 36.7 Å². The third-order valence-electron chi connectivity index (χ3n) is 3.46. The Labute approximate surface area is 149 Å². The standard InChI is InChI=1S/C21H24O4/c1-4-23-18-11-7-16(8-12-18)20(22)14-10-17-9-13-19(24-5-2)15-21(17)25-6-3/h7-15H,4-6H2,1-3H3/b14-10+. The molecule has 0 radical (unpaired) electrons. The van der Waals surface area contributed by atoms with Gasteiger partial charge < -0.3 is 14.2 Å². The van der Waals surface area contributed by atoms with E-state index < -0.39 is 0 Å². The molecule has 0 aliphatic carbocycles. The minimum Gasteiger partial charge on any atom is -0.494 e. The Morgan fingerprint density at radius 3 is 2.08 bits per heavy atom. The summed E-state index contributed by atoms with van der Waals surface area (Å²) in [5, 5.41) is 0. The van der Waals surface area contributed by atoms with E-state index in [1.807, 2.05) is 39.0 Å². The van der Waals surface area contributed by atoms with Crippen molar-refractivity contribution in [3.63, 3.8) is 0 Å². The zero-order valence-corrected chi connectivity index (χ0v) is 15.0. The first-order chi connectivity index (χ1) is 12.2. The Bertz CT molecular complexity index is 717. The summed E-state index contributed by atoms with van der Waals surface area (Å²) in [6.07, 6.45) is 3.31. The zero-order chi connectivity index (χ0) is 18.1. The molecule has 0 fully saturated rings. The first-order valence-corrected chi connectivity index (χ1v) is 8.52. The Balaban J connectivity index is 2.15. The normalized spacial score (nSPS) is 10.7. The van der Waals surface area contributed by atoms with Gasteiger partial charge in [0.25, 0.3) is 0 Å². The van der Waals surface area contributed by atoms with Crippen molar-refractivity contribution in [2.75, 3.05) is 19.8 Å². The van der Waals surface area contributed by atoms with Crippen LogP contribution in [0, 0.1) is 0 Å². The number of carbonyl (C=O) groups is 1. The fourth-order valence-corrected chi connectivity index (χ4v) is 2.33. The van der Waals surface area contributed by atoms with Crippen LogP contribution in [0.3, 0.4) is 0 Å². The van der Waals surface area contributed by atoms with E-state index in [-0.39, 0.29) is 5.78 Å². The number of ketones is 1. The number of carbonyl (C=O) groups excluding carboxylic acids is 1. The van der Waals surface area contributed by atoms with Crippen LogP contribution in [0.2, 0.25) is 0 Å². The maximum absolute atomic E-state index is 12.3. The summed E-state index contributed by atoms with van der Waals surface area (Å²) >= 11 is 0. The van der Waals surface area contributed by atoms with Crippen LogP contribution in [0.4, 0.5) is 0 Å². The number of hydrogen-bond acceptors (Lipinski definition) is 4. The highest BCUT2D eigenvalue weighted by Crippen LogP contribution is 2.26. The van der Waals surface area contributed by atoms with Crippen molar-refractivity contribution >= 4 is 11.9 Å². The molecule has 0 amide bonds. The second-order valence-electron chi connectivity index (χ2n) is 5.22. The van der Waals surface area contributed by atoms with E-state index in [1.54, 1.807) is 36.4 Å². The highest BCUT2D eigenvalue weighted by Gasteiger charge is 2.06. The third kappa shape index (κ3) is 5.38. The van der Waals surface area contributed by atoms with Crippen LogP contribution < -0.4 is 14.2 Å². The van der Waals surface area contributed by atoms with Crippen molar-refractivity contribution in [1.29, 1.82) is 0 Å². The van der Waals surface area contributed by atoms with Crippen LogP contribution in [0.25, 0.3) is 6.08 Å². The average molecular weight is 340 g/mol. The molecule has 0 unspecified atom stereocenters. The van der Waals surface area contributed by atoms with Crippen molar-refractivity contribution in [2.45, 2.75) is 20.8 Å². The molecule has 4 nitrogen and oxygen atoms in total. The summed E-state index contributed by atoms with van der Waals surface area (Å²) in [7, 11) is 0. The molecule has 0 saturated carbocycles. The van der Waals surface area contributed by atoms with Gasteiger partial charge in [-0.3, -0.25) is 4.79 Å². The van der Waals surface area contributed by atoms with Gasteiger partial charge in [0.15, 0.2) is 5.78 Å². The Hall–Kier alpha value is -2.75. The third-order valence-corrected chi connectivity index (χ3v) is 3.46. The average Bonchev–Trinajstić information content (AvgIpc) is 2.62. The quantitative estimate of drug-likeness (QED) is 0.487. The summed E-state index contributed by atoms with van der Waals surface area (Å²) < 4.78 is 16.5. The van der Waals surface area contributed by atoms with Crippen LogP contribution >= 0.6 is 0 Å². The predicted molar refractivity (Wildman–Crippen MR) is 99.8 cm³/mol. The Morgan fingerprint density at radius 1 is 0.840 bits per heavy atom. The summed E-state index contributed by atoms with van der Waals surface area (Å²) in [4.78, 5) is 12.3.